The van der Waals surface area contributed by atoms with Crippen molar-refractivity contribution in [2.45, 2.75) is 32.4 Å². The van der Waals surface area contributed by atoms with Crippen molar-refractivity contribution in [1.82, 2.24) is 5.32 Å². The summed E-state index contributed by atoms with van der Waals surface area (Å²) in [5.74, 6) is 0. The van der Waals surface area contributed by atoms with Crippen LogP contribution in [0.15, 0.2) is 0 Å². The summed E-state index contributed by atoms with van der Waals surface area (Å²) < 4.78 is 5.45. The van der Waals surface area contributed by atoms with Crippen molar-refractivity contribution in [1.29, 1.82) is 0 Å². The highest BCUT2D eigenvalue weighted by atomic mass is 16.5. The summed E-state index contributed by atoms with van der Waals surface area (Å²) in [6.07, 6.45) is 1.64. The number of hydrogen-bond acceptors (Lipinski definition) is 2. The molecule has 0 aromatic heterocycles. The highest BCUT2D eigenvalue weighted by Crippen LogP contribution is 2.09. The van der Waals surface area contributed by atoms with E-state index in [-0.39, 0.29) is 0 Å². The summed E-state index contributed by atoms with van der Waals surface area (Å²) in [4.78, 5) is 0. The predicted molar refractivity (Wildman–Crippen MR) is 37.5 cm³/mol. The van der Waals surface area contributed by atoms with Crippen molar-refractivity contribution in [2.24, 2.45) is 0 Å². The van der Waals surface area contributed by atoms with Gasteiger partial charge in [0.05, 0.1) is 6.10 Å². The lowest BCUT2D eigenvalue weighted by atomic mass is 10.2. The van der Waals surface area contributed by atoms with Crippen molar-refractivity contribution in [2.75, 3.05) is 13.2 Å². The van der Waals surface area contributed by atoms with Crippen LogP contribution in [0.5, 0.6) is 0 Å². The predicted octanol–water partition coefficient (Wildman–Crippen LogP) is 0.773. The van der Waals surface area contributed by atoms with Crippen LogP contribution in [0, 0.1) is 0 Å². The topological polar surface area (TPSA) is 21.3 Å². The molecule has 0 aromatic rings. The van der Waals surface area contributed by atoms with Gasteiger partial charge >= 0.3 is 0 Å². The van der Waals surface area contributed by atoms with Gasteiger partial charge < -0.3 is 10.1 Å². The lowest BCUT2D eigenvalue weighted by Gasteiger charge is -2.13. The summed E-state index contributed by atoms with van der Waals surface area (Å²) in [6, 6.07) is 0.560. The third-order valence-electron chi connectivity index (χ3n) is 1.83. The second-order valence-electron chi connectivity index (χ2n) is 2.53. The van der Waals surface area contributed by atoms with Gasteiger partial charge in [0.2, 0.25) is 0 Å². The Morgan fingerprint density at radius 1 is 1.67 bits per heavy atom. The third kappa shape index (κ3) is 1.66. The largest absolute Gasteiger partial charge is 0.377 e. The Labute approximate surface area is 56.6 Å². The van der Waals surface area contributed by atoms with Crippen molar-refractivity contribution in [3.8, 4) is 0 Å². The molecule has 0 amide bonds. The van der Waals surface area contributed by atoms with Gasteiger partial charge in [-0.15, -0.1) is 0 Å². The quantitative estimate of drug-likeness (QED) is 0.594. The van der Waals surface area contributed by atoms with Gasteiger partial charge in [0.15, 0.2) is 0 Å². The molecular weight excluding hydrogens is 114 g/mol. The molecule has 1 fully saturated rings. The lowest BCUT2D eigenvalue weighted by molar-refractivity contribution is 0.0583. The van der Waals surface area contributed by atoms with E-state index in [9.17, 15) is 0 Å². The summed E-state index contributed by atoms with van der Waals surface area (Å²) in [5.41, 5.74) is 0. The fraction of sp³-hybridized carbons (Fsp3) is 1.00. The molecule has 54 valence electrons. The standard InChI is InChI=1S/C7H15NO/c1-3-9-7-4-5-8-6(7)2/h6-8H,3-5H2,1-2H3/t6-,7-/m1/s1. The molecule has 0 saturated carbocycles. The van der Waals surface area contributed by atoms with Crippen LogP contribution in [0.2, 0.25) is 0 Å². The van der Waals surface area contributed by atoms with Crippen LogP contribution in [0.4, 0.5) is 0 Å². The zero-order valence-electron chi connectivity index (χ0n) is 6.18. The van der Waals surface area contributed by atoms with E-state index < -0.39 is 0 Å². The summed E-state index contributed by atoms with van der Waals surface area (Å²) in [6.45, 7) is 6.18. The molecule has 1 saturated heterocycles. The first-order valence-electron chi connectivity index (χ1n) is 3.69. The van der Waals surface area contributed by atoms with Gasteiger partial charge in [-0.3, -0.25) is 0 Å². The van der Waals surface area contributed by atoms with Crippen molar-refractivity contribution < 1.29 is 4.74 Å². The molecule has 1 rings (SSSR count). The van der Waals surface area contributed by atoms with E-state index in [0.29, 0.717) is 12.1 Å². The first-order valence-corrected chi connectivity index (χ1v) is 3.69. The maximum Gasteiger partial charge on any atom is 0.0737 e. The fourth-order valence-corrected chi connectivity index (χ4v) is 1.28. The van der Waals surface area contributed by atoms with Crippen molar-refractivity contribution in [3.63, 3.8) is 0 Å². The Hall–Kier alpha value is -0.0800. The van der Waals surface area contributed by atoms with Crippen LogP contribution in [0.3, 0.4) is 0 Å². The molecule has 9 heavy (non-hydrogen) atoms. The Balaban J connectivity index is 2.22. The second kappa shape index (κ2) is 3.18. The molecule has 0 unspecified atom stereocenters. The maximum absolute atomic E-state index is 5.45. The van der Waals surface area contributed by atoms with Crippen LogP contribution < -0.4 is 5.32 Å². The summed E-state index contributed by atoms with van der Waals surface area (Å²) >= 11 is 0. The molecular formula is C7H15NO. The lowest BCUT2D eigenvalue weighted by Crippen LogP contribution is -2.28. The molecule has 2 nitrogen and oxygen atoms in total. The molecule has 2 atom stereocenters. The molecule has 0 spiro atoms. The maximum atomic E-state index is 5.45. The van der Waals surface area contributed by atoms with Crippen molar-refractivity contribution in [3.05, 3.63) is 0 Å². The highest BCUT2D eigenvalue weighted by Gasteiger charge is 2.22. The van der Waals surface area contributed by atoms with Crippen LogP contribution >= 0.6 is 0 Å². The number of ether oxygens (including phenoxy) is 1. The highest BCUT2D eigenvalue weighted by molar-refractivity contribution is 4.80. The monoisotopic (exact) mass is 129 g/mol. The molecule has 1 aliphatic heterocycles. The van der Waals surface area contributed by atoms with Crippen LogP contribution in [-0.4, -0.2) is 25.3 Å². The van der Waals surface area contributed by atoms with E-state index in [1.807, 2.05) is 6.92 Å². The van der Waals surface area contributed by atoms with Crippen LogP contribution in [0.1, 0.15) is 20.3 Å². The van der Waals surface area contributed by atoms with E-state index in [1.54, 1.807) is 0 Å². The molecule has 2 heteroatoms. The van der Waals surface area contributed by atoms with Crippen LogP contribution in [0.25, 0.3) is 0 Å². The SMILES string of the molecule is CCO[C@@H]1CCN[C@@H]1C. The zero-order chi connectivity index (χ0) is 6.69. The summed E-state index contributed by atoms with van der Waals surface area (Å²) in [5, 5.41) is 3.33. The minimum atomic E-state index is 0.468. The van der Waals surface area contributed by atoms with Gasteiger partial charge in [0, 0.05) is 12.6 Å². The number of hydrogen-bond donors (Lipinski definition) is 1. The first kappa shape index (κ1) is 7.03. The van der Waals surface area contributed by atoms with E-state index in [2.05, 4.69) is 12.2 Å². The third-order valence-corrected chi connectivity index (χ3v) is 1.83. The number of rotatable bonds is 2. The van der Waals surface area contributed by atoms with Crippen molar-refractivity contribution >= 4 is 0 Å². The van der Waals surface area contributed by atoms with E-state index in [4.69, 9.17) is 4.74 Å². The Bertz CT molecular complexity index is 85.0. The van der Waals surface area contributed by atoms with Gasteiger partial charge in [-0.2, -0.15) is 0 Å². The van der Waals surface area contributed by atoms with E-state index in [0.717, 1.165) is 13.2 Å². The summed E-state index contributed by atoms with van der Waals surface area (Å²) in [7, 11) is 0. The van der Waals surface area contributed by atoms with E-state index >= 15 is 0 Å². The molecule has 0 bridgehead atoms. The van der Waals surface area contributed by atoms with Gasteiger partial charge in [-0.25, -0.2) is 0 Å². The molecule has 1 N–H and O–H groups in total. The Morgan fingerprint density at radius 2 is 2.44 bits per heavy atom. The minimum Gasteiger partial charge on any atom is -0.377 e. The van der Waals surface area contributed by atoms with Gasteiger partial charge in [-0.1, -0.05) is 0 Å². The minimum absolute atomic E-state index is 0.468. The molecule has 0 aliphatic carbocycles. The smallest absolute Gasteiger partial charge is 0.0737 e. The molecule has 1 aliphatic rings. The average Bonchev–Trinajstić information content (AvgIpc) is 2.18. The van der Waals surface area contributed by atoms with Gasteiger partial charge in [-0.05, 0) is 26.8 Å². The van der Waals surface area contributed by atoms with E-state index in [1.165, 1.54) is 6.42 Å². The molecule has 1 heterocycles. The van der Waals surface area contributed by atoms with Gasteiger partial charge in [0.25, 0.3) is 0 Å². The zero-order valence-corrected chi connectivity index (χ0v) is 6.18. The number of nitrogens with one attached hydrogen (secondary N) is 1. The molecule has 0 aromatic carbocycles. The molecule has 0 radical (unpaired) electrons. The van der Waals surface area contributed by atoms with Crippen LogP contribution in [-0.2, 0) is 4.74 Å². The normalized spacial score (nSPS) is 35.3. The Kier molecular flexibility index (Phi) is 2.49. The average molecular weight is 129 g/mol. The van der Waals surface area contributed by atoms with Gasteiger partial charge in [0.1, 0.15) is 0 Å². The second-order valence-corrected chi connectivity index (χ2v) is 2.53. The fourth-order valence-electron chi connectivity index (χ4n) is 1.28. The Morgan fingerprint density at radius 3 is 2.89 bits per heavy atom. The first-order chi connectivity index (χ1) is 4.34.